The van der Waals surface area contributed by atoms with Crippen LogP contribution in [0.1, 0.15) is 32.1 Å². The molecule has 0 aromatic heterocycles. The zero-order chi connectivity index (χ0) is 14.4. The number of nitrogens with one attached hydrogen (secondary N) is 1. The van der Waals surface area contributed by atoms with E-state index >= 15 is 0 Å². The number of carbonyl (C=O) groups is 1. The summed E-state index contributed by atoms with van der Waals surface area (Å²) in [5, 5.41) is 2.79. The van der Waals surface area contributed by atoms with Crippen LogP contribution in [0.25, 0.3) is 0 Å². The highest BCUT2D eigenvalue weighted by molar-refractivity contribution is 5.94. The van der Waals surface area contributed by atoms with Gasteiger partial charge in [-0.25, -0.2) is 0 Å². The summed E-state index contributed by atoms with van der Waals surface area (Å²) in [5.74, 6) is 0.588. The van der Waals surface area contributed by atoms with Crippen molar-refractivity contribution in [1.29, 1.82) is 0 Å². The molecule has 0 bridgehead atoms. The van der Waals surface area contributed by atoms with Gasteiger partial charge in [0.25, 0.3) is 0 Å². The minimum absolute atomic E-state index is 0.0835. The smallest absolute Gasteiger partial charge is 0.226 e. The molecule has 5 nitrogen and oxygen atoms in total. The molecule has 0 radical (unpaired) electrons. The SMILES string of the molecule is COc1ccc(NC(=O)CCOC2CCCC2)c(N)c1. The molecule has 1 fully saturated rings. The van der Waals surface area contributed by atoms with Crippen LogP contribution in [-0.2, 0) is 9.53 Å². The first-order chi connectivity index (χ1) is 9.69. The average Bonchev–Trinajstić information content (AvgIpc) is 2.94. The fraction of sp³-hybridized carbons (Fsp3) is 0.533. The number of hydrogen-bond donors (Lipinski definition) is 2. The predicted molar refractivity (Wildman–Crippen MR) is 78.9 cm³/mol. The van der Waals surface area contributed by atoms with E-state index in [1.165, 1.54) is 12.8 Å². The van der Waals surface area contributed by atoms with Gasteiger partial charge in [-0.3, -0.25) is 4.79 Å². The van der Waals surface area contributed by atoms with Crippen LogP contribution in [0.15, 0.2) is 18.2 Å². The van der Waals surface area contributed by atoms with Crippen molar-refractivity contribution in [2.45, 2.75) is 38.2 Å². The largest absolute Gasteiger partial charge is 0.497 e. The van der Waals surface area contributed by atoms with Gasteiger partial charge in [-0.05, 0) is 25.0 Å². The Balaban J connectivity index is 1.76. The summed E-state index contributed by atoms with van der Waals surface area (Å²) in [5.41, 5.74) is 6.95. The Kier molecular flexibility index (Phi) is 5.24. The highest BCUT2D eigenvalue weighted by Gasteiger charge is 2.15. The summed E-state index contributed by atoms with van der Waals surface area (Å²) < 4.78 is 10.7. The molecule has 0 heterocycles. The first kappa shape index (κ1) is 14.7. The summed E-state index contributed by atoms with van der Waals surface area (Å²) in [4.78, 5) is 11.8. The van der Waals surface area contributed by atoms with Crippen molar-refractivity contribution < 1.29 is 14.3 Å². The van der Waals surface area contributed by atoms with Crippen molar-refractivity contribution in [2.24, 2.45) is 0 Å². The lowest BCUT2D eigenvalue weighted by atomic mass is 10.2. The molecule has 1 aliphatic rings. The van der Waals surface area contributed by atoms with E-state index in [-0.39, 0.29) is 5.91 Å². The van der Waals surface area contributed by atoms with Crippen molar-refractivity contribution in [1.82, 2.24) is 0 Å². The van der Waals surface area contributed by atoms with Crippen LogP contribution in [-0.4, -0.2) is 25.7 Å². The van der Waals surface area contributed by atoms with Crippen LogP contribution in [0.2, 0.25) is 0 Å². The monoisotopic (exact) mass is 278 g/mol. The molecule has 1 aromatic carbocycles. The van der Waals surface area contributed by atoms with Crippen LogP contribution in [0.3, 0.4) is 0 Å². The molecule has 0 spiro atoms. The molecular formula is C15H22N2O3. The van der Waals surface area contributed by atoms with Crippen molar-refractivity contribution in [2.75, 3.05) is 24.8 Å². The maximum absolute atomic E-state index is 11.8. The van der Waals surface area contributed by atoms with E-state index in [1.54, 1.807) is 25.3 Å². The van der Waals surface area contributed by atoms with Crippen LogP contribution in [0.4, 0.5) is 11.4 Å². The second-order valence-corrected chi connectivity index (χ2v) is 5.03. The highest BCUT2D eigenvalue weighted by Crippen LogP contribution is 2.24. The van der Waals surface area contributed by atoms with Gasteiger partial charge in [0.05, 0.1) is 37.6 Å². The minimum atomic E-state index is -0.0835. The zero-order valence-corrected chi connectivity index (χ0v) is 11.9. The average molecular weight is 278 g/mol. The third kappa shape index (κ3) is 4.13. The quantitative estimate of drug-likeness (QED) is 0.784. The van der Waals surface area contributed by atoms with Crippen LogP contribution < -0.4 is 15.8 Å². The molecule has 0 unspecified atom stereocenters. The fourth-order valence-electron chi connectivity index (χ4n) is 2.37. The second kappa shape index (κ2) is 7.14. The lowest BCUT2D eigenvalue weighted by Crippen LogP contribution is -2.17. The molecule has 1 aromatic rings. The van der Waals surface area contributed by atoms with Crippen LogP contribution >= 0.6 is 0 Å². The molecule has 1 amide bonds. The van der Waals surface area contributed by atoms with Crippen molar-refractivity contribution in [3.05, 3.63) is 18.2 Å². The van der Waals surface area contributed by atoms with Crippen molar-refractivity contribution in [3.8, 4) is 5.75 Å². The van der Waals surface area contributed by atoms with Gasteiger partial charge in [0.2, 0.25) is 5.91 Å². The van der Waals surface area contributed by atoms with E-state index in [0.29, 0.717) is 36.3 Å². The highest BCUT2D eigenvalue weighted by atomic mass is 16.5. The first-order valence-corrected chi connectivity index (χ1v) is 7.04. The van der Waals surface area contributed by atoms with Gasteiger partial charge in [-0.15, -0.1) is 0 Å². The number of amides is 1. The number of methoxy groups -OCH3 is 1. The molecule has 2 rings (SSSR count). The van der Waals surface area contributed by atoms with Gasteiger partial charge < -0.3 is 20.5 Å². The van der Waals surface area contributed by atoms with E-state index < -0.39 is 0 Å². The summed E-state index contributed by atoms with van der Waals surface area (Å²) in [6, 6.07) is 5.19. The Bertz CT molecular complexity index is 456. The number of hydrogen-bond acceptors (Lipinski definition) is 4. The van der Waals surface area contributed by atoms with Gasteiger partial charge >= 0.3 is 0 Å². The van der Waals surface area contributed by atoms with Gasteiger partial charge in [0, 0.05) is 6.07 Å². The van der Waals surface area contributed by atoms with Crippen LogP contribution in [0, 0.1) is 0 Å². The van der Waals surface area contributed by atoms with Gasteiger partial charge in [-0.2, -0.15) is 0 Å². The Morgan fingerprint density at radius 2 is 2.15 bits per heavy atom. The minimum Gasteiger partial charge on any atom is -0.497 e. The zero-order valence-electron chi connectivity index (χ0n) is 11.9. The number of nitrogen functional groups attached to an aromatic ring is 1. The number of ether oxygens (including phenoxy) is 2. The van der Waals surface area contributed by atoms with Gasteiger partial charge in [0.15, 0.2) is 0 Å². The molecule has 3 N–H and O–H groups in total. The van der Waals surface area contributed by atoms with E-state index in [9.17, 15) is 4.79 Å². The first-order valence-electron chi connectivity index (χ1n) is 7.04. The fourth-order valence-corrected chi connectivity index (χ4v) is 2.37. The molecule has 0 aliphatic heterocycles. The van der Waals surface area contributed by atoms with E-state index in [4.69, 9.17) is 15.2 Å². The third-order valence-corrected chi connectivity index (χ3v) is 3.52. The molecule has 0 saturated heterocycles. The molecule has 20 heavy (non-hydrogen) atoms. The van der Waals surface area contributed by atoms with E-state index in [1.807, 2.05) is 0 Å². The topological polar surface area (TPSA) is 73.6 Å². The lowest BCUT2D eigenvalue weighted by molar-refractivity contribution is -0.117. The summed E-state index contributed by atoms with van der Waals surface area (Å²) in [6.07, 6.45) is 5.40. The van der Waals surface area contributed by atoms with Crippen LogP contribution in [0.5, 0.6) is 5.75 Å². The summed E-state index contributed by atoms with van der Waals surface area (Å²) in [6.45, 7) is 0.465. The van der Waals surface area contributed by atoms with Crippen molar-refractivity contribution >= 4 is 17.3 Å². The summed E-state index contributed by atoms with van der Waals surface area (Å²) >= 11 is 0. The van der Waals surface area contributed by atoms with Gasteiger partial charge in [0.1, 0.15) is 5.75 Å². The summed E-state index contributed by atoms with van der Waals surface area (Å²) in [7, 11) is 1.58. The van der Waals surface area contributed by atoms with Gasteiger partial charge in [-0.1, -0.05) is 12.8 Å². The van der Waals surface area contributed by atoms with E-state index in [2.05, 4.69) is 5.32 Å². The maximum atomic E-state index is 11.8. The lowest BCUT2D eigenvalue weighted by Gasteiger charge is -2.12. The standard InChI is InChI=1S/C15H22N2O3/c1-19-12-6-7-14(13(16)10-12)17-15(18)8-9-20-11-4-2-3-5-11/h6-7,10-11H,2-5,8-9,16H2,1H3,(H,17,18). The molecule has 110 valence electrons. The van der Waals surface area contributed by atoms with E-state index in [0.717, 1.165) is 12.8 Å². The normalized spacial score (nSPS) is 15.2. The number of nitrogens with two attached hydrogens (primary N) is 1. The number of rotatable bonds is 6. The Hall–Kier alpha value is -1.75. The molecular weight excluding hydrogens is 256 g/mol. The number of carbonyl (C=O) groups excluding carboxylic acids is 1. The Morgan fingerprint density at radius 3 is 2.80 bits per heavy atom. The second-order valence-electron chi connectivity index (χ2n) is 5.03. The third-order valence-electron chi connectivity index (χ3n) is 3.52. The van der Waals surface area contributed by atoms with Crippen molar-refractivity contribution in [3.63, 3.8) is 0 Å². The Morgan fingerprint density at radius 1 is 1.40 bits per heavy atom. The Labute approximate surface area is 119 Å². The molecule has 5 heteroatoms. The number of benzene rings is 1. The molecule has 1 aliphatic carbocycles. The molecule has 0 atom stereocenters. The maximum Gasteiger partial charge on any atom is 0.226 e. The number of anilines is 2. The predicted octanol–water partition coefficient (Wildman–Crippen LogP) is 2.57. The molecule has 1 saturated carbocycles.